The quantitative estimate of drug-likeness (QED) is 0.432. The van der Waals surface area contributed by atoms with Gasteiger partial charge in [-0.2, -0.15) is 18.3 Å². The number of hydrogen-bond acceptors (Lipinski definition) is 4. The molecule has 146 valence electrons. The van der Waals surface area contributed by atoms with Crippen molar-refractivity contribution in [3.8, 4) is 0 Å². The maximum atomic E-state index is 12.8. The van der Waals surface area contributed by atoms with Crippen LogP contribution >= 0.6 is 11.3 Å². The number of halogens is 3. The Kier molecular flexibility index (Phi) is 5.02. The minimum atomic E-state index is -4.54. The lowest BCUT2D eigenvalue weighted by atomic mass is 10.0. The van der Waals surface area contributed by atoms with Gasteiger partial charge >= 0.3 is 6.18 Å². The van der Waals surface area contributed by atoms with Crippen LogP contribution in [0.5, 0.6) is 0 Å². The molecule has 0 saturated carbocycles. The van der Waals surface area contributed by atoms with Crippen LogP contribution in [0.4, 0.5) is 18.9 Å². The Hall–Kier alpha value is -3.26. The SMILES string of the molecule is O=c1c2c(N=C(c3ccccc3)c3ccccc3)csc2cnn1CC(F)(F)F. The lowest BCUT2D eigenvalue weighted by Crippen LogP contribution is -2.29. The Bertz CT molecular complexity index is 1190. The Morgan fingerprint density at radius 1 is 1.00 bits per heavy atom. The highest BCUT2D eigenvalue weighted by Gasteiger charge is 2.29. The van der Waals surface area contributed by atoms with Gasteiger partial charge in [0.1, 0.15) is 6.54 Å². The first-order valence-corrected chi connectivity index (χ1v) is 9.54. The van der Waals surface area contributed by atoms with E-state index in [9.17, 15) is 18.0 Å². The van der Waals surface area contributed by atoms with Crippen LogP contribution in [0.25, 0.3) is 10.1 Å². The van der Waals surface area contributed by atoms with Crippen molar-refractivity contribution in [3.63, 3.8) is 0 Å². The van der Waals surface area contributed by atoms with E-state index in [1.165, 1.54) is 17.5 Å². The van der Waals surface area contributed by atoms with Gasteiger partial charge in [-0.25, -0.2) is 9.67 Å². The number of aromatic nitrogens is 2. The van der Waals surface area contributed by atoms with Crippen molar-refractivity contribution in [1.29, 1.82) is 0 Å². The highest BCUT2D eigenvalue weighted by atomic mass is 32.1. The summed E-state index contributed by atoms with van der Waals surface area (Å²) < 4.78 is 39.3. The van der Waals surface area contributed by atoms with E-state index in [1.807, 2.05) is 60.7 Å². The van der Waals surface area contributed by atoms with Crippen LogP contribution in [0.3, 0.4) is 0 Å². The number of fused-ring (bicyclic) bond motifs is 1. The molecule has 0 aliphatic rings. The van der Waals surface area contributed by atoms with Crippen LogP contribution in [-0.2, 0) is 6.54 Å². The molecule has 8 heteroatoms. The molecule has 0 saturated heterocycles. The molecule has 2 heterocycles. The molecule has 0 aliphatic heterocycles. The lowest BCUT2D eigenvalue weighted by molar-refractivity contribution is -0.143. The average molecular weight is 413 g/mol. The first kappa shape index (κ1) is 19.1. The summed E-state index contributed by atoms with van der Waals surface area (Å²) in [6.07, 6.45) is -3.26. The molecule has 0 unspecified atom stereocenters. The van der Waals surface area contributed by atoms with E-state index < -0.39 is 18.3 Å². The van der Waals surface area contributed by atoms with Crippen LogP contribution < -0.4 is 5.56 Å². The van der Waals surface area contributed by atoms with E-state index in [0.717, 1.165) is 11.1 Å². The Morgan fingerprint density at radius 2 is 1.59 bits per heavy atom. The second-order valence-electron chi connectivity index (χ2n) is 6.28. The van der Waals surface area contributed by atoms with Gasteiger partial charge in [0.25, 0.3) is 5.56 Å². The lowest BCUT2D eigenvalue weighted by Gasteiger charge is -2.09. The molecule has 2 aromatic heterocycles. The molecule has 2 aromatic carbocycles. The maximum Gasteiger partial charge on any atom is 0.408 e. The molecule has 0 aliphatic carbocycles. The van der Waals surface area contributed by atoms with E-state index in [1.54, 1.807) is 5.38 Å². The van der Waals surface area contributed by atoms with Crippen molar-refractivity contribution in [3.05, 3.63) is 93.7 Å². The van der Waals surface area contributed by atoms with E-state index in [4.69, 9.17) is 4.99 Å². The predicted molar refractivity (Wildman–Crippen MR) is 108 cm³/mol. The topological polar surface area (TPSA) is 47.2 Å². The van der Waals surface area contributed by atoms with Gasteiger partial charge in [-0.1, -0.05) is 60.7 Å². The third kappa shape index (κ3) is 4.12. The molecule has 0 fully saturated rings. The van der Waals surface area contributed by atoms with E-state index in [2.05, 4.69) is 5.10 Å². The Morgan fingerprint density at radius 3 is 2.14 bits per heavy atom. The molecule has 4 aromatic rings. The number of rotatable bonds is 4. The minimum absolute atomic E-state index is 0.138. The van der Waals surface area contributed by atoms with Crippen LogP contribution in [0.2, 0.25) is 0 Å². The maximum absolute atomic E-state index is 12.8. The van der Waals surface area contributed by atoms with Gasteiger partial charge in [0.2, 0.25) is 0 Å². The smallest absolute Gasteiger partial charge is 0.267 e. The summed E-state index contributed by atoms with van der Waals surface area (Å²) in [5.41, 5.74) is 1.83. The van der Waals surface area contributed by atoms with Crippen LogP contribution in [-0.4, -0.2) is 21.7 Å². The summed E-state index contributed by atoms with van der Waals surface area (Å²) in [7, 11) is 0. The number of thiophene rings is 1. The van der Waals surface area contributed by atoms with Crippen molar-refractivity contribution in [2.24, 2.45) is 4.99 Å². The number of nitrogens with zero attached hydrogens (tertiary/aromatic N) is 3. The molecule has 0 radical (unpaired) electrons. The number of alkyl halides is 3. The molecule has 4 nitrogen and oxygen atoms in total. The zero-order valence-electron chi connectivity index (χ0n) is 14.9. The molecule has 0 spiro atoms. The zero-order valence-corrected chi connectivity index (χ0v) is 15.7. The molecule has 0 atom stereocenters. The van der Waals surface area contributed by atoms with E-state index in [-0.39, 0.29) is 5.39 Å². The predicted octanol–water partition coefficient (Wildman–Crippen LogP) is 5.19. The van der Waals surface area contributed by atoms with Gasteiger partial charge in [0, 0.05) is 16.5 Å². The zero-order chi connectivity index (χ0) is 20.4. The Balaban J connectivity index is 1.91. The molecule has 29 heavy (non-hydrogen) atoms. The molecular formula is C21H14F3N3OS. The van der Waals surface area contributed by atoms with Crippen molar-refractivity contribution in [1.82, 2.24) is 9.78 Å². The van der Waals surface area contributed by atoms with Gasteiger partial charge in [-0.05, 0) is 0 Å². The highest BCUT2D eigenvalue weighted by molar-refractivity contribution is 7.17. The summed E-state index contributed by atoms with van der Waals surface area (Å²) in [4.78, 5) is 17.4. The van der Waals surface area contributed by atoms with E-state index in [0.29, 0.717) is 20.8 Å². The van der Waals surface area contributed by atoms with Gasteiger partial charge in [-0.15, -0.1) is 11.3 Å². The molecule has 0 N–H and O–H groups in total. The fourth-order valence-electron chi connectivity index (χ4n) is 2.95. The highest BCUT2D eigenvalue weighted by Crippen LogP contribution is 2.31. The normalized spacial score (nSPS) is 11.6. The molecule has 4 rings (SSSR count). The third-order valence-electron chi connectivity index (χ3n) is 4.22. The third-order valence-corrected chi connectivity index (χ3v) is 5.12. The van der Waals surface area contributed by atoms with E-state index >= 15 is 0 Å². The van der Waals surface area contributed by atoms with Crippen molar-refractivity contribution in [2.45, 2.75) is 12.7 Å². The van der Waals surface area contributed by atoms with Gasteiger partial charge in [-0.3, -0.25) is 4.79 Å². The monoisotopic (exact) mass is 413 g/mol. The fraction of sp³-hybridized carbons (Fsp3) is 0.0952. The first-order valence-electron chi connectivity index (χ1n) is 8.66. The summed E-state index contributed by atoms with van der Waals surface area (Å²) in [5.74, 6) is 0. The average Bonchev–Trinajstić information content (AvgIpc) is 3.12. The number of benzene rings is 2. The number of aliphatic imine (C=N–C) groups is 1. The Labute approximate surface area is 167 Å². The molecular weight excluding hydrogens is 399 g/mol. The van der Waals surface area contributed by atoms with Crippen LogP contribution in [0, 0.1) is 0 Å². The molecule has 0 bridgehead atoms. The fourth-order valence-corrected chi connectivity index (χ4v) is 3.78. The van der Waals surface area contributed by atoms with Crippen LogP contribution in [0.15, 0.2) is 82.0 Å². The second-order valence-corrected chi connectivity index (χ2v) is 7.19. The van der Waals surface area contributed by atoms with Gasteiger partial charge in [0.05, 0.1) is 27.7 Å². The van der Waals surface area contributed by atoms with Crippen molar-refractivity contribution < 1.29 is 13.2 Å². The van der Waals surface area contributed by atoms with Crippen LogP contribution in [0.1, 0.15) is 11.1 Å². The van der Waals surface area contributed by atoms with Gasteiger partial charge in [0.15, 0.2) is 0 Å². The van der Waals surface area contributed by atoms with Crippen molar-refractivity contribution >= 4 is 32.8 Å². The van der Waals surface area contributed by atoms with Crippen molar-refractivity contribution in [2.75, 3.05) is 0 Å². The van der Waals surface area contributed by atoms with Gasteiger partial charge < -0.3 is 0 Å². The standard InChI is InChI=1S/C21H14F3N3OS/c22-21(23,24)13-27-20(28)18-16(12-29-17(18)11-25-27)26-19(14-7-3-1-4-8-14)15-9-5-2-6-10-15/h1-12H,13H2. The summed E-state index contributed by atoms with van der Waals surface area (Å²) >= 11 is 1.22. The number of hydrogen-bond donors (Lipinski definition) is 0. The second kappa shape index (κ2) is 7.63. The minimum Gasteiger partial charge on any atom is -0.267 e. The largest absolute Gasteiger partial charge is 0.408 e. The molecule has 0 amide bonds. The first-order chi connectivity index (χ1) is 13.9. The summed E-state index contributed by atoms with van der Waals surface area (Å²) in [6, 6.07) is 18.8. The summed E-state index contributed by atoms with van der Waals surface area (Å²) in [5, 5.41) is 5.45. The summed E-state index contributed by atoms with van der Waals surface area (Å²) in [6.45, 7) is -1.44.